The maximum Gasteiger partial charge on any atom is 0.418 e. The maximum atomic E-state index is 13.0. The van der Waals surface area contributed by atoms with Crippen LogP contribution >= 0.6 is 0 Å². The molecule has 3 rings (SSSR count). The average molecular weight is 419 g/mol. The number of rotatable bonds is 6. The van der Waals surface area contributed by atoms with E-state index in [-0.39, 0.29) is 12.2 Å². The fraction of sp³-hybridized carbons (Fsp3) is 0.263. The molecule has 0 aliphatic carbocycles. The number of hydrogen-bond acceptors (Lipinski definition) is 5. The van der Waals surface area contributed by atoms with Gasteiger partial charge in [0.15, 0.2) is 5.82 Å². The maximum absolute atomic E-state index is 13.0. The molecule has 0 saturated carbocycles. The summed E-state index contributed by atoms with van der Waals surface area (Å²) in [6, 6.07) is 7.68. The van der Waals surface area contributed by atoms with Gasteiger partial charge in [-0.15, -0.1) is 0 Å². The summed E-state index contributed by atoms with van der Waals surface area (Å²) in [7, 11) is 0. The Kier molecular flexibility index (Phi) is 6.19. The number of urea groups is 1. The number of aryl methyl sites for hydroxylation is 2. The minimum absolute atomic E-state index is 0.166. The molecule has 0 aliphatic heterocycles. The summed E-state index contributed by atoms with van der Waals surface area (Å²) >= 11 is 0. The number of halogens is 3. The van der Waals surface area contributed by atoms with Gasteiger partial charge >= 0.3 is 12.2 Å². The highest BCUT2D eigenvalue weighted by molar-refractivity contribution is 5.90. The van der Waals surface area contributed by atoms with E-state index in [1.807, 2.05) is 19.9 Å². The highest BCUT2D eigenvalue weighted by atomic mass is 19.4. The molecule has 0 radical (unpaired) electrons. The van der Waals surface area contributed by atoms with Crippen LogP contribution in [0.2, 0.25) is 0 Å². The largest absolute Gasteiger partial charge is 0.418 e. The first kappa shape index (κ1) is 21.1. The Hall–Kier alpha value is -3.63. The second kappa shape index (κ2) is 8.80. The van der Waals surface area contributed by atoms with E-state index in [9.17, 15) is 18.0 Å². The van der Waals surface area contributed by atoms with Crippen LogP contribution in [0.3, 0.4) is 0 Å². The Morgan fingerprint density at radius 1 is 1.10 bits per heavy atom. The Balaban J connectivity index is 1.52. The second-order valence-electron chi connectivity index (χ2n) is 6.45. The quantitative estimate of drug-likeness (QED) is 0.531. The van der Waals surface area contributed by atoms with Crippen molar-refractivity contribution < 1.29 is 18.0 Å². The molecule has 0 aliphatic rings. The van der Waals surface area contributed by atoms with E-state index in [4.69, 9.17) is 0 Å². The Morgan fingerprint density at radius 2 is 1.87 bits per heavy atom. The van der Waals surface area contributed by atoms with E-state index in [1.54, 1.807) is 10.7 Å². The first-order chi connectivity index (χ1) is 14.2. The lowest BCUT2D eigenvalue weighted by Crippen LogP contribution is -2.33. The van der Waals surface area contributed by atoms with Crippen molar-refractivity contribution in [3.05, 3.63) is 59.7 Å². The van der Waals surface area contributed by atoms with Crippen molar-refractivity contribution in [2.24, 2.45) is 0 Å². The monoisotopic (exact) mass is 419 g/mol. The van der Waals surface area contributed by atoms with Crippen LogP contribution in [-0.4, -0.2) is 38.9 Å². The van der Waals surface area contributed by atoms with E-state index < -0.39 is 17.8 Å². The van der Waals surface area contributed by atoms with Crippen molar-refractivity contribution in [2.75, 3.05) is 23.7 Å². The zero-order valence-electron chi connectivity index (χ0n) is 16.3. The van der Waals surface area contributed by atoms with Crippen molar-refractivity contribution in [3.8, 4) is 5.82 Å². The minimum atomic E-state index is -4.55. The molecule has 0 saturated heterocycles. The molecular formula is C19H20F3N7O. The predicted octanol–water partition coefficient (Wildman–Crippen LogP) is 3.53. The van der Waals surface area contributed by atoms with Crippen molar-refractivity contribution in [1.29, 1.82) is 0 Å². The van der Waals surface area contributed by atoms with Gasteiger partial charge in [0.2, 0.25) is 0 Å². The molecule has 8 nitrogen and oxygen atoms in total. The van der Waals surface area contributed by atoms with E-state index in [0.717, 1.165) is 17.5 Å². The lowest BCUT2D eigenvalue weighted by Gasteiger charge is -2.14. The Labute approximate surface area is 170 Å². The van der Waals surface area contributed by atoms with Gasteiger partial charge in [-0.2, -0.15) is 18.3 Å². The molecule has 30 heavy (non-hydrogen) atoms. The van der Waals surface area contributed by atoms with Crippen LogP contribution in [0.5, 0.6) is 0 Å². The van der Waals surface area contributed by atoms with Gasteiger partial charge in [-0.1, -0.05) is 12.1 Å². The van der Waals surface area contributed by atoms with Gasteiger partial charge in [0.25, 0.3) is 0 Å². The normalized spacial score (nSPS) is 11.2. The summed E-state index contributed by atoms with van der Waals surface area (Å²) in [5.41, 5.74) is 0.578. The summed E-state index contributed by atoms with van der Waals surface area (Å²) in [6.45, 7) is 4.27. The van der Waals surface area contributed by atoms with Crippen LogP contribution in [0.4, 0.5) is 29.5 Å². The Morgan fingerprint density at radius 3 is 2.57 bits per heavy atom. The summed E-state index contributed by atoms with van der Waals surface area (Å²) < 4.78 is 40.6. The number of para-hydroxylation sites is 1. The first-order valence-electron chi connectivity index (χ1n) is 9.04. The molecule has 0 unspecified atom stereocenters. The molecule has 3 N–H and O–H groups in total. The van der Waals surface area contributed by atoms with Gasteiger partial charge in [-0.3, -0.25) is 0 Å². The fourth-order valence-corrected chi connectivity index (χ4v) is 2.79. The lowest BCUT2D eigenvalue weighted by molar-refractivity contribution is -0.136. The highest BCUT2D eigenvalue weighted by Crippen LogP contribution is 2.34. The van der Waals surface area contributed by atoms with Crippen molar-refractivity contribution in [1.82, 2.24) is 25.1 Å². The van der Waals surface area contributed by atoms with E-state index >= 15 is 0 Å². The van der Waals surface area contributed by atoms with Crippen LogP contribution in [0.1, 0.15) is 17.0 Å². The number of carbonyl (C=O) groups is 1. The van der Waals surface area contributed by atoms with Gasteiger partial charge in [-0.05, 0) is 32.0 Å². The summed E-state index contributed by atoms with van der Waals surface area (Å²) in [6.07, 6.45) is -3.16. The summed E-state index contributed by atoms with van der Waals surface area (Å²) in [4.78, 5) is 20.2. The molecule has 2 heterocycles. The van der Waals surface area contributed by atoms with Gasteiger partial charge in [0, 0.05) is 24.8 Å². The third-order valence-corrected chi connectivity index (χ3v) is 4.08. The number of amides is 2. The molecular weight excluding hydrogens is 399 g/mol. The predicted molar refractivity (Wildman–Crippen MR) is 106 cm³/mol. The van der Waals surface area contributed by atoms with Gasteiger partial charge in [-0.25, -0.2) is 19.4 Å². The summed E-state index contributed by atoms with van der Waals surface area (Å²) in [5, 5.41) is 12.1. The van der Waals surface area contributed by atoms with Crippen molar-refractivity contribution in [2.45, 2.75) is 20.0 Å². The minimum Gasteiger partial charge on any atom is -0.368 e. The van der Waals surface area contributed by atoms with Crippen LogP contribution in [-0.2, 0) is 6.18 Å². The molecule has 0 bridgehead atoms. The SMILES string of the molecule is Cc1cc(C)n(-c2cc(NCCNC(=O)Nc3ccccc3C(F)(F)F)ncn2)n1. The molecule has 0 atom stereocenters. The zero-order valence-corrected chi connectivity index (χ0v) is 16.3. The number of anilines is 2. The number of carbonyl (C=O) groups excluding carboxylic acids is 1. The van der Waals surface area contributed by atoms with Gasteiger partial charge < -0.3 is 16.0 Å². The van der Waals surface area contributed by atoms with Gasteiger partial charge in [0.05, 0.1) is 16.9 Å². The number of aromatic nitrogens is 4. The molecule has 1 aromatic carbocycles. The van der Waals surface area contributed by atoms with Crippen LogP contribution in [0.15, 0.2) is 42.7 Å². The standard InChI is InChI=1S/C19H20F3N7O/c1-12-9-13(2)29(28-12)17-10-16(25-11-26-17)23-7-8-24-18(30)27-15-6-4-3-5-14(15)19(20,21)22/h3-6,9-11H,7-8H2,1-2H3,(H,23,25,26)(H2,24,27,30). The average Bonchev–Trinajstić information content (AvgIpc) is 3.03. The number of alkyl halides is 3. The van der Waals surface area contributed by atoms with Crippen molar-refractivity contribution >= 4 is 17.5 Å². The molecule has 3 aromatic rings. The number of nitrogens with zero attached hydrogens (tertiary/aromatic N) is 4. The molecule has 0 spiro atoms. The smallest absolute Gasteiger partial charge is 0.368 e. The molecule has 2 amide bonds. The third-order valence-electron chi connectivity index (χ3n) is 4.08. The topological polar surface area (TPSA) is 96.8 Å². The summed E-state index contributed by atoms with van der Waals surface area (Å²) in [5.74, 6) is 1.12. The molecule has 0 fully saturated rings. The van der Waals surface area contributed by atoms with E-state index in [2.05, 4.69) is 31.0 Å². The Bertz CT molecular complexity index is 1030. The first-order valence-corrected chi connectivity index (χ1v) is 9.04. The molecule has 11 heteroatoms. The highest BCUT2D eigenvalue weighted by Gasteiger charge is 2.33. The second-order valence-corrected chi connectivity index (χ2v) is 6.45. The van der Waals surface area contributed by atoms with Crippen LogP contribution in [0.25, 0.3) is 5.82 Å². The molecule has 158 valence electrons. The van der Waals surface area contributed by atoms with Crippen LogP contribution < -0.4 is 16.0 Å². The van der Waals surface area contributed by atoms with Gasteiger partial charge in [0.1, 0.15) is 12.1 Å². The van der Waals surface area contributed by atoms with Crippen LogP contribution in [0, 0.1) is 13.8 Å². The number of hydrogen-bond donors (Lipinski definition) is 3. The van der Waals surface area contributed by atoms with E-state index in [0.29, 0.717) is 18.2 Å². The molecule has 2 aromatic heterocycles. The number of nitrogens with one attached hydrogen (secondary N) is 3. The van der Waals surface area contributed by atoms with Crippen molar-refractivity contribution in [3.63, 3.8) is 0 Å². The number of benzene rings is 1. The lowest BCUT2D eigenvalue weighted by atomic mass is 10.1. The zero-order chi connectivity index (χ0) is 21.7. The fourth-order valence-electron chi connectivity index (χ4n) is 2.79. The third kappa shape index (κ3) is 5.25. The van der Waals surface area contributed by atoms with E-state index in [1.165, 1.54) is 24.5 Å².